The number of benzene rings is 2. The van der Waals surface area contributed by atoms with Crippen LogP contribution in [0.1, 0.15) is 13.8 Å². The van der Waals surface area contributed by atoms with Gasteiger partial charge in [0.1, 0.15) is 0 Å². The van der Waals surface area contributed by atoms with Gasteiger partial charge in [-0.05, 0) is 22.5 Å². The summed E-state index contributed by atoms with van der Waals surface area (Å²) >= 11 is 0. The van der Waals surface area contributed by atoms with Gasteiger partial charge < -0.3 is 4.12 Å². The van der Waals surface area contributed by atoms with Crippen molar-refractivity contribution in [1.82, 2.24) is 0 Å². The molecule has 100 valence electrons. The Morgan fingerprint density at radius 3 is 1.89 bits per heavy atom. The first-order valence-corrected chi connectivity index (χ1v) is 10.6. The minimum atomic E-state index is -1.74. The Bertz CT molecular complexity index is 481. The molecule has 0 spiro atoms. The van der Waals surface area contributed by atoms with Crippen molar-refractivity contribution in [3.05, 3.63) is 60.7 Å². The largest absolute Gasteiger partial charge is 0.453 e. The van der Waals surface area contributed by atoms with E-state index in [2.05, 4.69) is 74.5 Å². The van der Waals surface area contributed by atoms with Gasteiger partial charge in [-0.25, -0.2) is 0 Å². The number of rotatable bonds is 6. The lowest BCUT2D eigenvalue weighted by Gasteiger charge is -2.30. The zero-order chi connectivity index (χ0) is 13.6. The van der Waals surface area contributed by atoms with Crippen molar-refractivity contribution >= 4 is 28.5 Å². The van der Waals surface area contributed by atoms with E-state index in [9.17, 15) is 0 Å². The third-order valence-electron chi connectivity index (χ3n) is 3.80. The molecule has 0 aliphatic rings. The van der Waals surface area contributed by atoms with E-state index in [-0.39, 0.29) is 0 Å². The highest BCUT2D eigenvalue weighted by Gasteiger charge is 2.32. The third kappa shape index (κ3) is 3.44. The molecule has 0 aliphatic carbocycles. The van der Waals surface area contributed by atoms with E-state index in [4.69, 9.17) is 4.12 Å². The van der Waals surface area contributed by atoms with Gasteiger partial charge in [-0.3, -0.25) is 0 Å². The Hall–Kier alpha value is -1.17. The fraction of sp³-hybridized carbons (Fsp3) is 0.250. The summed E-state index contributed by atoms with van der Waals surface area (Å²) in [5.74, 6) is 0. The van der Waals surface area contributed by atoms with E-state index in [1.807, 2.05) is 0 Å². The summed E-state index contributed by atoms with van der Waals surface area (Å²) in [5.41, 5.74) is 0. The summed E-state index contributed by atoms with van der Waals surface area (Å²) in [5, 5.41) is 2.85. The molecule has 0 heterocycles. The fourth-order valence-electron chi connectivity index (χ4n) is 2.48. The first-order valence-electron chi connectivity index (χ1n) is 7.04. The molecule has 0 aromatic heterocycles. The molecule has 3 heteroatoms. The zero-order valence-electron chi connectivity index (χ0n) is 11.8. The molecular formula is C16H22OSi2. The van der Waals surface area contributed by atoms with Gasteiger partial charge >= 0.3 is 0 Å². The molecular weight excluding hydrogens is 264 g/mol. The molecule has 0 aliphatic heterocycles. The molecule has 0 saturated carbocycles. The third-order valence-corrected chi connectivity index (χ3v) is 11.1. The van der Waals surface area contributed by atoms with Crippen molar-refractivity contribution in [2.24, 2.45) is 0 Å². The summed E-state index contributed by atoms with van der Waals surface area (Å²) < 4.78 is 6.58. The van der Waals surface area contributed by atoms with Crippen molar-refractivity contribution in [3.63, 3.8) is 0 Å². The second-order valence-electron chi connectivity index (χ2n) is 4.84. The monoisotopic (exact) mass is 286 g/mol. The van der Waals surface area contributed by atoms with E-state index in [1.54, 1.807) is 0 Å². The van der Waals surface area contributed by atoms with Crippen LogP contribution in [0.5, 0.6) is 0 Å². The van der Waals surface area contributed by atoms with Gasteiger partial charge in [-0.2, -0.15) is 0 Å². The Balaban J connectivity index is 2.16. The topological polar surface area (TPSA) is 9.23 Å². The Kier molecular flexibility index (Phi) is 5.13. The predicted molar refractivity (Wildman–Crippen MR) is 88.5 cm³/mol. The maximum Gasteiger partial charge on any atom is 0.211 e. The predicted octanol–water partition coefficient (Wildman–Crippen LogP) is 2.30. The van der Waals surface area contributed by atoms with Gasteiger partial charge in [0.2, 0.25) is 8.32 Å². The molecule has 1 nitrogen and oxygen atoms in total. The normalized spacial score (nSPS) is 12.1. The Morgan fingerprint density at radius 1 is 0.842 bits per heavy atom. The maximum atomic E-state index is 6.58. The molecule has 0 bridgehead atoms. The second kappa shape index (κ2) is 6.84. The second-order valence-corrected chi connectivity index (χ2v) is 11.1. The summed E-state index contributed by atoms with van der Waals surface area (Å²) in [6.07, 6.45) is 0. The first kappa shape index (κ1) is 14.2. The summed E-state index contributed by atoms with van der Waals surface area (Å²) in [4.78, 5) is 0. The molecule has 0 atom stereocenters. The molecule has 0 radical (unpaired) electrons. The summed E-state index contributed by atoms with van der Waals surface area (Å²) in [6.45, 7) is 4.56. The Morgan fingerprint density at radius 2 is 1.37 bits per heavy atom. The molecule has 19 heavy (non-hydrogen) atoms. The molecule has 2 rings (SSSR count). The van der Waals surface area contributed by atoms with E-state index in [0.717, 1.165) is 12.1 Å². The summed E-state index contributed by atoms with van der Waals surface area (Å²) in [6, 6.07) is 23.8. The average molecular weight is 287 g/mol. The fourth-order valence-corrected chi connectivity index (χ4v) is 9.14. The van der Waals surface area contributed by atoms with Crippen LogP contribution < -0.4 is 10.4 Å². The standard InChI is InChI=1S/C16H22OSi2/c1-3-19(4-2,16-13-9-6-10-14-16)17-18-15-11-7-5-8-12-15/h5-14H,3-4,18H2,1-2H3. The zero-order valence-corrected chi connectivity index (χ0v) is 14.2. The van der Waals surface area contributed by atoms with Crippen LogP contribution in [0.2, 0.25) is 12.1 Å². The van der Waals surface area contributed by atoms with Crippen molar-refractivity contribution in [3.8, 4) is 0 Å². The van der Waals surface area contributed by atoms with Crippen LogP contribution in [0.3, 0.4) is 0 Å². The van der Waals surface area contributed by atoms with Crippen LogP contribution in [-0.4, -0.2) is 18.1 Å². The van der Waals surface area contributed by atoms with E-state index < -0.39 is 18.1 Å². The smallest absolute Gasteiger partial charge is 0.211 e. The molecule has 0 saturated heterocycles. The maximum absolute atomic E-state index is 6.58. The van der Waals surface area contributed by atoms with Crippen molar-refractivity contribution < 1.29 is 4.12 Å². The van der Waals surface area contributed by atoms with Crippen LogP contribution in [0, 0.1) is 0 Å². The molecule has 0 amide bonds. The molecule has 2 aromatic rings. The lowest BCUT2D eigenvalue weighted by Crippen LogP contribution is -2.51. The highest BCUT2D eigenvalue weighted by atomic mass is 28.4. The minimum Gasteiger partial charge on any atom is -0.453 e. The van der Waals surface area contributed by atoms with Gasteiger partial charge in [0.25, 0.3) is 0 Å². The lowest BCUT2D eigenvalue weighted by molar-refractivity contribution is 0.596. The van der Waals surface area contributed by atoms with Crippen LogP contribution in [0.15, 0.2) is 60.7 Å². The van der Waals surface area contributed by atoms with E-state index in [0.29, 0.717) is 0 Å². The van der Waals surface area contributed by atoms with Gasteiger partial charge in [-0.1, -0.05) is 74.5 Å². The van der Waals surface area contributed by atoms with Crippen molar-refractivity contribution in [1.29, 1.82) is 0 Å². The van der Waals surface area contributed by atoms with Crippen LogP contribution in [0.25, 0.3) is 0 Å². The van der Waals surface area contributed by atoms with Gasteiger partial charge in [0, 0.05) is 0 Å². The van der Waals surface area contributed by atoms with Crippen LogP contribution in [-0.2, 0) is 4.12 Å². The average Bonchev–Trinajstić information content (AvgIpc) is 2.51. The van der Waals surface area contributed by atoms with Crippen molar-refractivity contribution in [2.75, 3.05) is 0 Å². The Labute approximate surface area is 119 Å². The number of hydrogen-bond donors (Lipinski definition) is 0. The minimum absolute atomic E-state index is 0.620. The molecule has 0 fully saturated rings. The lowest BCUT2D eigenvalue weighted by atomic mass is 10.4. The van der Waals surface area contributed by atoms with Crippen molar-refractivity contribution in [2.45, 2.75) is 25.9 Å². The molecule has 0 unspecified atom stereocenters. The highest BCUT2D eigenvalue weighted by molar-refractivity contribution is 6.89. The SMILES string of the molecule is CC[Si](CC)(O[SiH2]c1ccccc1)c1ccccc1. The number of hydrogen-bond acceptors (Lipinski definition) is 1. The highest BCUT2D eigenvalue weighted by Crippen LogP contribution is 2.16. The van der Waals surface area contributed by atoms with Gasteiger partial charge in [0.15, 0.2) is 9.76 Å². The van der Waals surface area contributed by atoms with E-state index in [1.165, 1.54) is 10.4 Å². The molecule has 2 aromatic carbocycles. The van der Waals surface area contributed by atoms with Gasteiger partial charge in [0.05, 0.1) is 0 Å². The van der Waals surface area contributed by atoms with Crippen LogP contribution in [0.4, 0.5) is 0 Å². The van der Waals surface area contributed by atoms with Crippen LogP contribution >= 0.6 is 0 Å². The molecule has 0 N–H and O–H groups in total. The quantitative estimate of drug-likeness (QED) is 0.741. The summed E-state index contributed by atoms with van der Waals surface area (Å²) in [7, 11) is -2.36. The van der Waals surface area contributed by atoms with E-state index >= 15 is 0 Å². The first-order chi connectivity index (χ1) is 9.30. The van der Waals surface area contributed by atoms with Gasteiger partial charge in [-0.15, -0.1) is 0 Å².